The molecule has 72 valence electrons. The van der Waals surface area contributed by atoms with Crippen molar-refractivity contribution in [3.8, 4) is 0 Å². The molecule has 0 aromatic carbocycles. The molecule has 0 aromatic heterocycles. The lowest BCUT2D eigenvalue weighted by Gasteiger charge is -2.08. The van der Waals surface area contributed by atoms with Gasteiger partial charge in [0, 0.05) is 6.54 Å². The highest BCUT2D eigenvalue weighted by Gasteiger charge is 2.36. The van der Waals surface area contributed by atoms with Gasteiger partial charge in [-0.25, -0.2) is 4.79 Å². The largest absolute Gasteiger partial charge is 0.326 e. The fourth-order valence-electron chi connectivity index (χ4n) is 1.36. The van der Waals surface area contributed by atoms with Crippen molar-refractivity contribution in [1.82, 2.24) is 10.2 Å². The van der Waals surface area contributed by atoms with Crippen molar-refractivity contribution in [2.45, 2.75) is 25.8 Å². The maximum Gasteiger partial charge on any atom is 0.325 e. The monoisotopic (exact) mass is 182 g/mol. The SMILES string of the molecule is C=CCN1C(=O)NC(CCC)C1=O. The normalized spacial score (nSPS) is 21.9. The van der Waals surface area contributed by atoms with Gasteiger partial charge in [0.25, 0.3) is 5.91 Å². The zero-order valence-corrected chi connectivity index (χ0v) is 7.75. The van der Waals surface area contributed by atoms with Gasteiger partial charge in [-0.15, -0.1) is 6.58 Å². The smallest absolute Gasteiger partial charge is 0.325 e. The van der Waals surface area contributed by atoms with Crippen molar-refractivity contribution < 1.29 is 9.59 Å². The van der Waals surface area contributed by atoms with Gasteiger partial charge in [-0.2, -0.15) is 0 Å². The van der Waals surface area contributed by atoms with Crippen LogP contribution in [0.4, 0.5) is 4.79 Å². The molecule has 4 nitrogen and oxygen atoms in total. The van der Waals surface area contributed by atoms with E-state index in [4.69, 9.17) is 0 Å². The molecule has 1 N–H and O–H groups in total. The predicted octanol–water partition coefficient (Wildman–Crippen LogP) is 0.893. The summed E-state index contributed by atoms with van der Waals surface area (Å²) in [4.78, 5) is 23.9. The van der Waals surface area contributed by atoms with E-state index in [9.17, 15) is 9.59 Å². The zero-order valence-electron chi connectivity index (χ0n) is 7.75. The van der Waals surface area contributed by atoms with E-state index >= 15 is 0 Å². The van der Waals surface area contributed by atoms with Crippen LogP contribution in [0.15, 0.2) is 12.7 Å². The molecule has 1 fully saturated rings. The Balaban J connectivity index is 2.63. The summed E-state index contributed by atoms with van der Waals surface area (Å²) < 4.78 is 0. The Bertz CT molecular complexity index is 238. The van der Waals surface area contributed by atoms with E-state index in [1.54, 1.807) is 6.08 Å². The second kappa shape index (κ2) is 4.07. The van der Waals surface area contributed by atoms with Crippen LogP contribution in [0.2, 0.25) is 0 Å². The third-order valence-corrected chi connectivity index (χ3v) is 2.00. The van der Waals surface area contributed by atoms with Gasteiger partial charge >= 0.3 is 6.03 Å². The molecule has 1 unspecified atom stereocenters. The lowest BCUT2D eigenvalue weighted by Crippen LogP contribution is -2.31. The summed E-state index contributed by atoms with van der Waals surface area (Å²) in [7, 11) is 0. The number of carbonyl (C=O) groups excluding carboxylic acids is 2. The first-order chi connectivity index (χ1) is 6.20. The molecule has 0 aromatic rings. The van der Waals surface area contributed by atoms with Crippen molar-refractivity contribution in [1.29, 1.82) is 0 Å². The fraction of sp³-hybridized carbons (Fsp3) is 0.556. The van der Waals surface area contributed by atoms with Gasteiger partial charge in [0.1, 0.15) is 6.04 Å². The molecule has 1 aliphatic heterocycles. The molecule has 0 spiro atoms. The third kappa shape index (κ3) is 1.88. The van der Waals surface area contributed by atoms with Crippen molar-refractivity contribution in [2.75, 3.05) is 6.54 Å². The first-order valence-electron chi connectivity index (χ1n) is 4.43. The summed E-state index contributed by atoms with van der Waals surface area (Å²) in [5.41, 5.74) is 0. The van der Waals surface area contributed by atoms with E-state index in [0.29, 0.717) is 13.0 Å². The van der Waals surface area contributed by atoms with Crippen LogP contribution in [-0.4, -0.2) is 29.4 Å². The van der Waals surface area contributed by atoms with Crippen LogP contribution in [0.1, 0.15) is 19.8 Å². The van der Waals surface area contributed by atoms with Crippen LogP contribution in [0.5, 0.6) is 0 Å². The van der Waals surface area contributed by atoms with Crippen LogP contribution >= 0.6 is 0 Å². The van der Waals surface area contributed by atoms with E-state index in [1.165, 1.54) is 4.90 Å². The highest BCUT2D eigenvalue weighted by molar-refractivity contribution is 6.04. The summed E-state index contributed by atoms with van der Waals surface area (Å²) in [6, 6.07) is -0.624. The number of carbonyl (C=O) groups is 2. The Hall–Kier alpha value is -1.32. The van der Waals surface area contributed by atoms with Crippen LogP contribution in [0, 0.1) is 0 Å². The minimum absolute atomic E-state index is 0.133. The summed E-state index contributed by atoms with van der Waals surface area (Å²) >= 11 is 0. The summed E-state index contributed by atoms with van der Waals surface area (Å²) in [6.45, 7) is 5.77. The third-order valence-electron chi connectivity index (χ3n) is 2.00. The van der Waals surface area contributed by atoms with Gasteiger partial charge in [-0.05, 0) is 6.42 Å². The van der Waals surface area contributed by atoms with E-state index in [-0.39, 0.29) is 18.0 Å². The summed E-state index contributed by atoms with van der Waals surface area (Å²) in [6.07, 6.45) is 3.14. The number of urea groups is 1. The van der Waals surface area contributed by atoms with Crippen LogP contribution in [0.25, 0.3) is 0 Å². The fourth-order valence-corrected chi connectivity index (χ4v) is 1.36. The quantitative estimate of drug-likeness (QED) is 0.518. The van der Waals surface area contributed by atoms with E-state index in [2.05, 4.69) is 11.9 Å². The van der Waals surface area contributed by atoms with Crippen LogP contribution in [0.3, 0.4) is 0 Å². The molecule has 1 saturated heterocycles. The second-order valence-electron chi connectivity index (χ2n) is 3.03. The average molecular weight is 182 g/mol. The minimum Gasteiger partial charge on any atom is -0.326 e. The highest BCUT2D eigenvalue weighted by Crippen LogP contribution is 2.10. The number of hydrogen-bond donors (Lipinski definition) is 1. The van der Waals surface area contributed by atoms with Gasteiger partial charge in [-0.3, -0.25) is 9.69 Å². The van der Waals surface area contributed by atoms with Crippen molar-refractivity contribution in [3.63, 3.8) is 0 Å². The van der Waals surface area contributed by atoms with Gasteiger partial charge in [0.2, 0.25) is 0 Å². The first-order valence-corrected chi connectivity index (χ1v) is 4.43. The Morgan fingerprint density at radius 2 is 2.31 bits per heavy atom. The molecule has 1 atom stereocenters. The molecule has 0 aliphatic carbocycles. The van der Waals surface area contributed by atoms with E-state index < -0.39 is 0 Å². The van der Waals surface area contributed by atoms with E-state index in [1.807, 2.05) is 6.92 Å². The Morgan fingerprint density at radius 3 is 2.85 bits per heavy atom. The molecule has 4 heteroatoms. The van der Waals surface area contributed by atoms with E-state index in [0.717, 1.165) is 6.42 Å². The average Bonchev–Trinajstić information content (AvgIpc) is 2.34. The number of rotatable bonds is 4. The maximum atomic E-state index is 11.5. The Labute approximate surface area is 77.6 Å². The summed E-state index contributed by atoms with van der Waals surface area (Å²) in [5, 5.41) is 2.63. The predicted molar refractivity (Wildman–Crippen MR) is 49.1 cm³/mol. The van der Waals surface area contributed by atoms with Crippen molar-refractivity contribution in [2.24, 2.45) is 0 Å². The van der Waals surface area contributed by atoms with Crippen LogP contribution < -0.4 is 5.32 Å². The molecule has 1 rings (SSSR count). The lowest BCUT2D eigenvalue weighted by atomic mass is 10.2. The highest BCUT2D eigenvalue weighted by atomic mass is 16.2. The zero-order chi connectivity index (χ0) is 9.84. The number of imide groups is 1. The molecule has 0 saturated carbocycles. The summed E-state index contributed by atoms with van der Waals surface area (Å²) in [5.74, 6) is -0.133. The second-order valence-corrected chi connectivity index (χ2v) is 3.03. The standard InChI is InChI=1S/C9H14N2O2/c1-3-5-7-8(12)11(6-4-2)9(13)10-7/h4,7H,2-3,5-6H2,1H3,(H,10,13). The lowest BCUT2D eigenvalue weighted by molar-refractivity contribution is -0.127. The van der Waals surface area contributed by atoms with Crippen molar-refractivity contribution >= 4 is 11.9 Å². The number of nitrogens with zero attached hydrogens (tertiary/aromatic N) is 1. The Kier molecular flexibility index (Phi) is 3.06. The maximum absolute atomic E-state index is 11.5. The first kappa shape index (κ1) is 9.77. The number of hydrogen-bond acceptors (Lipinski definition) is 2. The molecule has 13 heavy (non-hydrogen) atoms. The molecule has 1 aliphatic rings. The van der Waals surface area contributed by atoms with Gasteiger partial charge < -0.3 is 5.32 Å². The van der Waals surface area contributed by atoms with Crippen molar-refractivity contribution in [3.05, 3.63) is 12.7 Å². The Morgan fingerprint density at radius 1 is 1.62 bits per heavy atom. The molecule has 0 radical (unpaired) electrons. The molecule has 1 heterocycles. The molecule has 3 amide bonds. The van der Waals surface area contributed by atoms with Gasteiger partial charge in [0.15, 0.2) is 0 Å². The minimum atomic E-state index is -0.322. The number of amides is 3. The van der Waals surface area contributed by atoms with Gasteiger partial charge in [-0.1, -0.05) is 19.4 Å². The van der Waals surface area contributed by atoms with Gasteiger partial charge in [0.05, 0.1) is 0 Å². The molecular formula is C9H14N2O2. The topological polar surface area (TPSA) is 49.4 Å². The van der Waals surface area contributed by atoms with Crippen LogP contribution in [-0.2, 0) is 4.79 Å². The molecular weight excluding hydrogens is 168 g/mol. The molecule has 0 bridgehead atoms. The number of nitrogens with one attached hydrogen (secondary N) is 1.